The average Bonchev–Trinajstić information content (AvgIpc) is 3.11. The van der Waals surface area contributed by atoms with Crippen molar-refractivity contribution in [2.45, 2.75) is 12.5 Å². The molecule has 104 valence electrons. The fourth-order valence-corrected chi connectivity index (χ4v) is 2.98. The van der Waals surface area contributed by atoms with E-state index in [0.29, 0.717) is 22.9 Å². The maximum atomic E-state index is 13.2. The van der Waals surface area contributed by atoms with Gasteiger partial charge < -0.3 is 10.6 Å². The van der Waals surface area contributed by atoms with E-state index in [-0.39, 0.29) is 0 Å². The van der Waals surface area contributed by atoms with Crippen molar-refractivity contribution >= 4 is 16.9 Å². The molecule has 1 saturated carbocycles. The monoisotopic (exact) mass is 276 g/mol. The fraction of sp³-hybridized carbons (Fsp3) is 0.429. The van der Waals surface area contributed by atoms with Crippen LogP contribution in [0.25, 0.3) is 11.0 Å². The van der Waals surface area contributed by atoms with E-state index in [1.807, 2.05) is 0 Å². The summed E-state index contributed by atoms with van der Waals surface area (Å²) < 4.78 is 26.3. The van der Waals surface area contributed by atoms with Crippen LogP contribution < -0.4 is 10.6 Å². The van der Waals surface area contributed by atoms with Gasteiger partial charge in [-0.2, -0.15) is 0 Å². The van der Waals surface area contributed by atoms with Crippen molar-refractivity contribution in [3.63, 3.8) is 0 Å². The number of fused-ring (bicyclic) bond motifs is 2. The van der Waals surface area contributed by atoms with Gasteiger partial charge in [0.1, 0.15) is 5.82 Å². The van der Waals surface area contributed by atoms with Crippen molar-refractivity contribution in [3.8, 4) is 0 Å². The Morgan fingerprint density at radius 2 is 2.05 bits per heavy atom. The molecule has 20 heavy (non-hydrogen) atoms. The predicted octanol–water partition coefficient (Wildman–Crippen LogP) is 1.93. The molecule has 2 aromatic rings. The first-order valence-corrected chi connectivity index (χ1v) is 6.80. The standard InChI is InChI=1S/C14H14F2N4/c15-9-2-11-12(3-10(9)16)20-14(6-18-11)19-5-13-8-1-7(8)4-17-13/h2-3,6-8,13,17H,1,4-5H2,(H,19,20)/t7-,8?,13?/m1/s1. The number of piperidine rings is 1. The quantitative estimate of drug-likeness (QED) is 0.899. The van der Waals surface area contributed by atoms with Gasteiger partial charge in [-0.1, -0.05) is 0 Å². The number of hydrogen-bond acceptors (Lipinski definition) is 4. The van der Waals surface area contributed by atoms with Crippen molar-refractivity contribution < 1.29 is 8.78 Å². The Bertz CT molecular complexity index is 676. The first kappa shape index (κ1) is 12.0. The summed E-state index contributed by atoms with van der Waals surface area (Å²) in [5.41, 5.74) is 0.716. The van der Waals surface area contributed by atoms with Crippen molar-refractivity contribution in [2.24, 2.45) is 11.8 Å². The van der Waals surface area contributed by atoms with Gasteiger partial charge >= 0.3 is 0 Å². The molecular formula is C14H14F2N4. The zero-order chi connectivity index (χ0) is 13.7. The fourth-order valence-electron chi connectivity index (χ4n) is 2.98. The largest absolute Gasteiger partial charge is 0.367 e. The number of anilines is 1. The third kappa shape index (κ3) is 2.00. The molecule has 1 aliphatic heterocycles. The van der Waals surface area contributed by atoms with Crippen LogP contribution in [-0.4, -0.2) is 29.1 Å². The number of nitrogens with zero attached hydrogens (tertiary/aromatic N) is 2. The third-order valence-corrected chi connectivity index (χ3v) is 4.22. The molecule has 2 N–H and O–H groups in total. The van der Waals surface area contributed by atoms with Gasteiger partial charge in [0, 0.05) is 24.7 Å². The maximum absolute atomic E-state index is 13.2. The molecule has 1 saturated heterocycles. The molecule has 0 amide bonds. The van der Waals surface area contributed by atoms with Crippen LogP contribution in [0.2, 0.25) is 0 Å². The normalized spacial score (nSPS) is 27.6. The zero-order valence-electron chi connectivity index (χ0n) is 10.7. The molecule has 0 radical (unpaired) electrons. The summed E-state index contributed by atoms with van der Waals surface area (Å²) in [6, 6.07) is 2.62. The minimum absolute atomic E-state index is 0.357. The molecule has 1 aliphatic carbocycles. The number of hydrogen-bond donors (Lipinski definition) is 2. The molecule has 2 unspecified atom stereocenters. The van der Waals surface area contributed by atoms with E-state index in [1.54, 1.807) is 6.20 Å². The smallest absolute Gasteiger partial charge is 0.161 e. The van der Waals surface area contributed by atoms with Crippen LogP contribution in [0.3, 0.4) is 0 Å². The Balaban J connectivity index is 1.53. The highest BCUT2D eigenvalue weighted by molar-refractivity contribution is 5.75. The molecule has 4 rings (SSSR count). The van der Waals surface area contributed by atoms with Gasteiger partial charge in [0.15, 0.2) is 11.6 Å². The van der Waals surface area contributed by atoms with Crippen molar-refractivity contribution in [1.82, 2.24) is 15.3 Å². The van der Waals surface area contributed by atoms with Crippen molar-refractivity contribution in [3.05, 3.63) is 30.0 Å². The Hall–Kier alpha value is -1.82. The van der Waals surface area contributed by atoms with Crippen LogP contribution in [-0.2, 0) is 0 Å². The third-order valence-electron chi connectivity index (χ3n) is 4.22. The highest BCUT2D eigenvalue weighted by Crippen LogP contribution is 2.44. The minimum atomic E-state index is -0.901. The van der Waals surface area contributed by atoms with Gasteiger partial charge in [-0.3, -0.25) is 4.98 Å². The van der Waals surface area contributed by atoms with E-state index in [1.165, 1.54) is 6.42 Å². The summed E-state index contributed by atoms with van der Waals surface area (Å²) in [5, 5.41) is 6.68. The van der Waals surface area contributed by atoms with Gasteiger partial charge in [0.05, 0.1) is 17.2 Å². The molecular weight excluding hydrogens is 262 g/mol. The number of aromatic nitrogens is 2. The van der Waals surface area contributed by atoms with E-state index in [9.17, 15) is 8.78 Å². The summed E-state index contributed by atoms with van der Waals surface area (Å²) in [6.07, 6.45) is 2.87. The molecule has 6 heteroatoms. The Kier molecular flexibility index (Phi) is 2.60. The lowest BCUT2D eigenvalue weighted by Gasteiger charge is -2.14. The second-order valence-corrected chi connectivity index (χ2v) is 5.57. The van der Waals surface area contributed by atoms with E-state index >= 15 is 0 Å². The summed E-state index contributed by atoms with van der Waals surface area (Å²) in [6.45, 7) is 1.88. The molecule has 2 aliphatic rings. The molecule has 0 bridgehead atoms. The highest BCUT2D eigenvalue weighted by Gasteiger charge is 2.47. The molecule has 2 heterocycles. The number of halogens is 2. The minimum Gasteiger partial charge on any atom is -0.367 e. The molecule has 1 aromatic carbocycles. The van der Waals surface area contributed by atoms with Crippen molar-refractivity contribution in [2.75, 3.05) is 18.4 Å². The average molecular weight is 276 g/mol. The summed E-state index contributed by atoms with van der Waals surface area (Å²) in [5.74, 6) is 0.420. The van der Waals surface area contributed by atoms with E-state index in [0.717, 1.165) is 37.1 Å². The van der Waals surface area contributed by atoms with Gasteiger partial charge in [-0.25, -0.2) is 13.8 Å². The van der Waals surface area contributed by atoms with Gasteiger partial charge in [-0.15, -0.1) is 0 Å². The van der Waals surface area contributed by atoms with Crippen LogP contribution in [0.1, 0.15) is 6.42 Å². The van der Waals surface area contributed by atoms with Crippen molar-refractivity contribution in [1.29, 1.82) is 0 Å². The van der Waals surface area contributed by atoms with Crippen LogP contribution >= 0.6 is 0 Å². The van der Waals surface area contributed by atoms with E-state index in [4.69, 9.17) is 0 Å². The topological polar surface area (TPSA) is 49.8 Å². The Morgan fingerprint density at radius 1 is 1.25 bits per heavy atom. The van der Waals surface area contributed by atoms with Crippen LogP contribution in [0.15, 0.2) is 18.3 Å². The SMILES string of the molecule is Fc1cc2ncc(NCC3NC[C@H]4CC34)nc2cc1F. The summed E-state index contributed by atoms with van der Waals surface area (Å²) in [7, 11) is 0. The van der Waals surface area contributed by atoms with Crippen LogP contribution in [0, 0.1) is 23.5 Å². The predicted molar refractivity (Wildman–Crippen MR) is 71.3 cm³/mol. The molecule has 4 nitrogen and oxygen atoms in total. The number of benzene rings is 1. The second kappa shape index (κ2) is 4.34. The lowest BCUT2D eigenvalue weighted by atomic mass is 10.2. The molecule has 3 atom stereocenters. The summed E-state index contributed by atoms with van der Waals surface area (Å²) >= 11 is 0. The van der Waals surface area contributed by atoms with Gasteiger partial charge in [-0.05, 0) is 24.8 Å². The van der Waals surface area contributed by atoms with Gasteiger partial charge in [0.25, 0.3) is 0 Å². The first-order chi connectivity index (χ1) is 9.70. The van der Waals surface area contributed by atoms with E-state index in [2.05, 4.69) is 20.6 Å². The highest BCUT2D eigenvalue weighted by atomic mass is 19.2. The summed E-state index contributed by atoms with van der Waals surface area (Å²) in [4.78, 5) is 8.37. The number of nitrogens with one attached hydrogen (secondary N) is 2. The lowest BCUT2D eigenvalue weighted by molar-refractivity contribution is 0.510. The zero-order valence-corrected chi connectivity index (χ0v) is 10.7. The Labute approximate surface area is 114 Å². The second-order valence-electron chi connectivity index (χ2n) is 5.57. The number of rotatable bonds is 3. The maximum Gasteiger partial charge on any atom is 0.161 e. The molecule has 1 aromatic heterocycles. The van der Waals surface area contributed by atoms with Crippen LogP contribution in [0.4, 0.5) is 14.6 Å². The first-order valence-electron chi connectivity index (χ1n) is 6.80. The van der Waals surface area contributed by atoms with E-state index < -0.39 is 11.6 Å². The lowest BCUT2D eigenvalue weighted by Crippen LogP contribution is -2.33. The van der Waals surface area contributed by atoms with Crippen LogP contribution in [0.5, 0.6) is 0 Å². The van der Waals surface area contributed by atoms with Gasteiger partial charge in [0.2, 0.25) is 0 Å². The Morgan fingerprint density at radius 3 is 2.75 bits per heavy atom. The molecule has 0 spiro atoms. The molecule has 2 fully saturated rings.